The number of morpholine rings is 1. The van der Waals surface area contributed by atoms with Crippen molar-refractivity contribution in [2.45, 2.75) is 6.10 Å². The van der Waals surface area contributed by atoms with Crippen LogP contribution in [0.4, 0.5) is 0 Å². The second-order valence-corrected chi connectivity index (χ2v) is 4.95. The van der Waals surface area contributed by atoms with Gasteiger partial charge in [-0.15, -0.1) is 0 Å². The van der Waals surface area contributed by atoms with Crippen molar-refractivity contribution in [3.05, 3.63) is 42.1 Å². The lowest BCUT2D eigenvalue weighted by atomic mass is 10.1. The van der Waals surface area contributed by atoms with Gasteiger partial charge in [0.25, 0.3) is 5.91 Å². The first-order valence-electron chi connectivity index (χ1n) is 6.90. The summed E-state index contributed by atoms with van der Waals surface area (Å²) in [7, 11) is 0. The van der Waals surface area contributed by atoms with E-state index >= 15 is 0 Å². The molecule has 1 atom stereocenters. The van der Waals surface area contributed by atoms with Crippen molar-refractivity contribution in [1.29, 1.82) is 0 Å². The highest BCUT2D eigenvalue weighted by Crippen LogP contribution is 2.22. The topological polar surface area (TPSA) is 78.5 Å². The maximum atomic E-state index is 12.6. The third-order valence-corrected chi connectivity index (χ3v) is 3.56. The summed E-state index contributed by atoms with van der Waals surface area (Å²) >= 11 is 0. The molecule has 3 rings (SSSR count). The first kappa shape index (κ1) is 13.8. The molecule has 0 radical (unpaired) electrons. The first-order chi connectivity index (χ1) is 10.3. The highest BCUT2D eigenvalue weighted by molar-refractivity contribution is 5.99. The van der Waals surface area contributed by atoms with Crippen LogP contribution < -0.4 is 0 Å². The van der Waals surface area contributed by atoms with E-state index in [0.717, 1.165) is 5.56 Å². The standard InChI is InChI=1S/C15H17N3O3/c19-10-12-9-18(6-7-21-12)15(20)13-8-16-17-14(13)11-4-2-1-3-5-11/h1-5,8,12,19H,6-7,9-10H2,(H,16,17). The van der Waals surface area contributed by atoms with Gasteiger partial charge in [0.1, 0.15) is 0 Å². The molecule has 6 nitrogen and oxygen atoms in total. The van der Waals surface area contributed by atoms with E-state index in [1.54, 1.807) is 11.1 Å². The molecular formula is C15H17N3O3. The Morgan fingerprint density at radius 3 is 3.00 bits per heavy atom. The smallest absolute Gasteiger partial charge is 0.257 e. The summed E-state index contributed by atoms with van der Waals surface area (Å²) in [6.07, 6.45) is 1.24. The van der Waals surface area contributed by atoms with Crippen molar-refractivity contribution >= 4 is 5.91 Å². The van der Waals surface area contributed by atoms with Crippen LogP contribution in [0.2, 0.25) is 0 Å². The number of hydrogen-bond donors (Lipinski definition) is 2. The molecule has 1 amide bonds. The summed E-state index contributed by atoms with van der Waals surface area (Å²) in [5.74, 6) is -0.0932. The van der Waals surface area contributed by atoms with Crippen molar-refractivity contribution < 1.29 is 14.6 Å². The fraction of sp³-hybridized carbons (Fsp3) is 0.333. The molecule has 2 heterocycles. The summed E-state index contributed by atoms with van der Waals surface area (Å²) in [5.41, 5.74) is 2.18. The second kappa shape index (κ2) is 6.07. The van der Waals surface area contributed by atoms with Crippen LogP contribution in [0, 0.1) is 0 Å². The van der Waals surface area contributed by atoms with E-state index in [2.05, 4.69) is 10.2 Å². The summed E-state index contributed by atoms with van der Waals surface area (Å²) in [4.78, 5) is 14.3. The molecule has 6 heteroatoms. The van der Waals surface area contributed by atoms with Gasteiger partial charge in [-0.05, 0) is 0 Å². The van der Waals surface area contributed by atoms with Gasteiger partial charge in [-0.2, -0.15) is 5.10 Å². The lowest BCUT2D eigenvalue weighted by Crippen LogP contribution is -2.46. The molecule has 1 fully saturated rings. The van der Waals surface area contributed by atoms with Crippen molar-refractivity contribution in [3.63, 3.8) is 0 Å². The number of benzene rings is 1. The van der Waals surface area contributed by atoms with Crippen LogP contribution in [0.3, 0.4) is 0 Å². The Hall–Kier alpha value is -2.18. The number of aromatic nitrogens is 2. The first-order valence-corrected chi connectivity index (χ1v) is 6.90. The van der Waals surface area contributed by atoms with E-state index < -0.39 is 0 Å². The van der Waals surface area contributed by atoms with Crippen molar-refractivity contribution in [1.82, 2.24) is 15.1 Å². The van der Waals surface area contributed by atoms with Crippen LogP contribution >= 0.6 is 0 Å². The van der Waals surface area contributed by atoms with Crippen molar-refractivity contribution in [2.75, 3.05) is 26.3 Å². The van der Waals surface area contributed by atoms with E-state index in [1.807, 2.05) is 30.3 Å². The largest absolute Gasteiger partial charge is 0.394 e. The van der Waals surface area contributed by atoms with Gasteiger partial charge in [-0.3, -0.25) is 9.89 Å². The van der Waals surface area contributed by atoms with Crippen LogP contribution in [0.25, 0.3) is 11.3 Å². The molecule has 1 aromatic carbocycles. The number of carbonyl (C=O) groups is 1. The van der Waals surface area contributed by atoms with E-state index in [0.29, 0.717) is 31.0 Å². The lowest BCUT2D eigenvalue weighted by molar-refractivity contribution is -0.0447. The number of H-pyrrole nitrogens is 1. The van der Waals surface area contributed by atoms with Crippen LogP contribution in [0.1, 0.15) is 10.4 Å². The molecule has 21 heavy (non-hydrogen) atoms. The van der Waals surface area contributed by atoms with Crippen LogP contribution in [0.5, 0.6) is 0 Å². The Labute approximate surface area is 122 Å². The Kier molecular flexibility index (Phi) is 3.98. The number of nitrogens with zero attached hydrogens (tertiary/aromatic N) is 2. The van der Waals surface area contributed by atoms with E-state index in [-0.39, 0.29) is 18.6 Å². The predicted octanol–water partition coefficient (Wildman–Crippen LogP) is 0.910. The highest BCUT2D eigenvalue weighted by Gasteiger charge is 2.27. The average Bonchev–Trinajstić information content (AvgIpc) is 3.04. The molecule has 0 bridgehead atoms. The zero-order valence-corrected chi connectivity index (χ0v) is 11.5. The van der Waals surface area contributed by atoms with E-state index in [9.17, 15) is 9.90 Å². The van der Waals surface area contributed by atoms with Crippen LogP contribution in [-0.4, -0.2) is 58.5 Å². The minimum absolute atomic E-state index is 0.0826. The summed E-state index contributed by atoms with van der Waals surface area (Å²) < 4.78 is 5.37. The highest BCUT2D eigenvalue weighted by atomic mass is 16.5. The third kappa shape index (κ3) is 2.81. The monoisotopic (exact) mass is 287 g/mol. The molecule has 2 aromatic rings. The van der Waals surface area contributed by atoms with Crippen LogP contribution in [-0.2, 0) is 4.74 Å². The number of hydrogen-bond acceptors (Lipinski definition) is 4. The number of carbonyl (C=O) groups excluding carboxylic acids is 1. The number of nitrogens with one attached hydrogen (secondary N) is 1. The van der Waals surface area contributed by atoms with Crippen molar-refractivity contribution in [2.24, 2.45) is 0 Å². The van der Waals surface area contributed by atoms with Crippen molar-refractivity contribution in [3.8, 4) is 11.3 Å². The average molecular weight is 287 g/mol. The van der Waals surface area contributed by atoms with Gasteiger partial charge in [0.15, 0.2) is 0 Å². The fourth-order valence-electron chi connectivity index (χ4n) is 2.46. The van der Waals surface area contributed by atoms with Gasteiger partial charge >= 0.3 is 0 Å². The molecule has 1 aliphatic heterocycles. The zero-order valence-electron chi connectivity index (χ0n) is 11.5. The SMILES string of the molecule is O=C(c1cn[nH]c1-c1ccccc1)N1CCOC(CO)C1. The lowest BCUT2D eigenvalue weighted by Gasteiger charge is -2.32. The molecule has 1 aliphatic rings. The minimum atomic E-state index is -0.310. The maximum absolute atomic E-state index is 12.6. The Morgan fingerprint density at radius 1 is 1.43 bits per heavy atom. The van der Waals surface area contributed by atoms with Gasteiger partial charge in [0, 0.05) is 18.7 Å². The number of aliphatic hydroxyl groups is 1. The number of ether oxygens (including phenoxy) is 1. The summed E-state index contributed by atoms with van der Waals surface area (Å²) in [5, 5.41) is 16.1. The van der Waals surface area contributed by atoms with Gasteiger partial charge in [0.05, 0.1) is 36.8 Å². The summed E-state index contributed by atoms with van der Waals surface area (Å²) in [6.45, 7) is 1.28. The van der Waals surface area contributed by atoms with E-state index in [1.165, 1.54) is 0 Å². The van der Waals surface area contributed by atoms with Crippen LogP contribution in [0.15, 0.2) is 36.5 Å². The van der Waals surface area contributed by atoms with Gasteiger partial charge in [-0.25, -0.2) is 0 Å². The minimum Gasteiger partial charge on any atom is -0.394 e. The second-order valence-electron chi connectivity index (χ2n) is 4.95. The maximum Gasteiger partial charge on any atom is 0.257 e. The third-order valence-electron chi connectivity index (χ3n) is 3.56. The molecule has 2 N–H and O–H groups in total. The Morgan fingerprint density at radius 2 is 2.24 bits per heavy atom. The summed E-state index contributed by atoms with van der Waals surface area (Å²) in [6, 6.07) is 9.62. The molecule has 1 unspecified atom stereocenters. The van der Waals surface area contributed by atoms with Gasteiger partial charge in [-0.1, -0.05) is 30.3 Å². The Bertz CT molecular complexity index is 612. The normalized spacial score (nSPS) is 18.7. The molecule has 0 spiro atoms. The number of aromatic amines is 1. The number of aliphatic hydroxyl groups excluding tert-OH is 1. The molecule has 0 saturated carbocycles. The molecule has 0 aliphatic carbocycles. The predicted molar refractivity (Wildman–Crippen MR) is 76.8 cm³/mol. The molecular weight excluding hydrogens is 270 g/mol. The van der Waals surface area contributed by atoms with E-state index in [4.69, 9.17) is 4.74 Å². The molecule has 1 aromatic heterocycles. The van der Waals surface area contributed by atoms with Gasteiger partial charge < -0.3 is 14.7 Å². The number of rotatable bonds is 3. The van der Waals surface area contributed by atoms with Gasteiger partial charge in [0.2, 0.25) is 0 Å². The number of amides is 1. The Balaban J connectivity index is 1.84. The molecule has 1 saturated heterocycles. The quantitative estimate of drug-likeness (QED) is 0.879. The zero-order chi connectivity index (χ0) is 14.7. The molecule has 110 valence electrons. The fourth-order valence-corrected chi connectivity index (χ4v) is 2.46.